The van der Waals surface area contributed by atoms with Crippen molar-refractivity contribution in [2.45, 2.75) is 6.42 Å². The molecule has 22 heavy (non-hydrogen) atoms. The molecule has 5 nitrogen and oxygen atoms in total. The number of hydrogen-bond acceptors (Lipinski definition) is 3. The minimum atomic E-state index is -3.27. The molecule has 2 aromatic carbocycles. The quantitative estimate of drug-likeness (QED) is 0.737. The predicted molar refractivity (Wildman–Crippen MR) is 93.8 cm³/mol. The third-order valence-electron chi connectivity index (χ3n) is 3.33. The lowest BCUT2D eigenvalue weighted by atomic mass is 10.1. The average molecular weight is 333 g/mol. The molecule has 114 valence electrons. The van der Waals surface area contributed by atoms with Crippen LogP contribution in [0.3, 0.4) is 0 Å². The molecule has 0 amide bonds. The summed E-state index contributed by atoms with van der Waals surface area (Å²) in [5.74, 6) is 0.107. The Morgan fingerprint density at radius 1 is 1.05 bits per heavy atom. The summed E-state index contributed by atoms with van der Waals surface area (Å²) in [6.07, 6.45) is 0.499. The maximum Gasteiger partial charge on any atom is 0.233 e. The molecule has 0 atom stereocenters. The molecule has 0 bridgehead atoms. The van der Waals surface area contributed by atoms with E-state index in [1.807, 2.05) is 42.5 Å². The zero-order valence-electron chi connectivity index (χ0n) is 11.7. The molecule has 0 unspecified atom stereocenters. The Kier molecular flexibility index (Phi) is 4.00. The number of nitrogens with one attached hydrogen (secondary N) is 3. The van der Waals surface area contributed by atoms with Gasteiger partial charge < -0.3 is 10.6 Å². The second-order valence-electron chi connectivity index (χ2n) is 4.96. The standard InChI is InChI=1S/C15H15N3O2S2/c19-22(20)10-9-11-5-4-8-13(14(11)18-22)17-15(21)16-12-6-2-1-3-7-12/h1-8,18H,9-10H2,(H2,16,17,21). The van der Waals surface area contributed by atoms with Crippen LogP contribution >= 0.6 is 12.2 Å². The lowest BCUT2D eigenvalue weighted by Gasteiger charge is -2.22. The second-order valence-corrected chi connectivity index (χ2v) is 7.21. The Morgan fingerprint density at radius 2 is 1.82 bits per heavy atom. The molecule has 7 heteroatoms. The SMILES string of the molecule is O=S1(=O)CCc2cccc(NC(=S)Nc3ccccc3)c2N1. The summed E-state index contributed by atoms with van der Waals surface area (Å²) < 4.78 is 26.1. The van der Waals surface area contributed by atoms with Gasteiger partial charge in [0.25, 0.3) is 0 Å². The highest BCUT2D eigenvalue weighted by Gasteiger charge is 2.22. The van der Waals surface area contributed by atoms with Crippen LogP contribution in [0.2, 0.25) is 0 Å². The molecule has 0 radical (unpaired) electrons. The van der Waals surface area contributed by atoms with Gasteiger partial charge in [-0.05, 0) is 42.4 Å². The summed E-state index contributed by atoms with van der Waals surface area (Å²) in [6.45, 7) is 0. The first-order chi connectivity index (χ1) is 10.5. The van der Waals surface area contributed by atoms with E-state index in [9.17, 15) is 8.42 Å². The van der Waals surface area contributed by atoms with E-state index in [2.05, 4.69) is 15.4 Å². The van der Waals surface area contributed by atoms with Gasteiger partial charge in [-0.2, -0.15) is 0 Å². The Labute approximate surface area is 134 Å². The van der Waals surface area contributed by atoms with Crippen LogP contribution in [-0.2, 0) is 16.4 Å². The minimum Gasteiger partial charge on any atom is -0.332 e. The largest absolute Gasteiger partial charge is 0.332 e. The lowest BCUT2D eigenvalue weighted by Crippen LogP contribution is -2.26. The van der Waals surface area contributed by atoms with Crippen molar-refractivity contribution in [3.63, 3.8) is 0 Å². The zero-order chi connectivity index (χ0) is 15.6. The first-order valence-corrected chi connectivity index (χ1v) is 8.85. The first-order valence-electron chi connectivity index (χ1n) is 6.79. The van der Waals surface area contributed by atoms with Crippen LogP contribution in [-0.4, -0.2) is 19.3 Å². The molecule has 0 spiro atoms. The van der Waals surface area contributed by atoms with Crippen LogP contribution in [0.15, 0.2) is 48.5 Å². The van der Waals surface area contributed by atoms with Crippen molar-refractivity contribution in [1.82, 2.24) is 0 Å². The summed E-state index contributed by atoms with van der Waals surface area (Å²) >= 11 is 5.28. The van der Waals surface area contributed by atoms with Crippen molar-refractivity contribution in [2.24, 2.45) is 0 Å². The van der Waals surface area contributed by atoms with Crippen LogP contribution in [0.5, 0.6) is 0 Å². The summed E-state index contributed by atoms with van der Waals surface area (Å²) in [5, 5.41) is 6.52. The number of para-hydroxylation sites is 2. The Balaban J connectivity index is 1.80. The zero-order valence-corrected chi connectivity index (χ0v) is 13.3. The molecule has 0 aromatic heterocycles. The molecule has 3 N–H and O–H groups in total. The first kappa shape index (κ1) is 14.8. The maximum atomic E-state index is 11.8. The number of aryl methyl sites for hydroxylation is 1. The number of anilines is 3. The maximum absolute atomic E-state index is 11.8. The van der Waals surface area contributed by atoms with E-state index in [1.165, 1.54) is 0 Å². The van der Waals surface area contributed by atoms with Gasteiger partial charge in [0, 0.05) is 5.69 Å². The van der Waals surface area contributed by atoms with Crippen molar-refractivity contribution in [3.8, 4) is 0 Å². The van der Waals surface area contributed by atoms with Gasteiger partial charge in [-0.25, -0.2) is 8.42 Å². The summed E-state index contributed by atoms with van der Waals surface area (Å²) in [7, 11) is -3.27. The van der Waals surface area contributed by atoms with Crippen LogP contribution in [0.1, 0.15) is 5.56 Å². The van der Waals surface area contributed by atoms with Gasteiger partial charge in [0.05, 0.1) is 17.1 Å². The molecule has 1 aliphatic rings. The number of fused-ring (bicyclic) bond motifs is 1. The van der Waals surface area contributed by atoms with Crippen molar-refractivity contribution in [3.05, 3.63) is 54.1 Å². The molecular formula is C15H15N3O2S2. The fraction of sp³-hybridized carbons (Fsp3) is 0.133. The van der Waals surface area contributed by atoms with E-state index in [1.54, 1.807) is 6.07 Å². The van der Waals surface area contributed by atoms with Crippen LogP contribution in [0, 0.1) is 0 Å². The minimum absolute atomic E-state index is 0.107. The highest BCUT2D eigenvalue weighted by Crippen LogP contribution is 2.31. The summed E-state index contributed by atoms with van der Waals surface area (Å²) in [5.41, 5.74) is 3.05. The average Bonchev–Trinajstić information content (AvgIpc) is 2.48. The van der Waals surface area contributed by atoms with Crippen molar-refractivity contribution in [2.75, 3.05) is 21.1 Å². The van der Waals surface area contributed by atoms with E-state index in [4.69, 9.17) is 12.2 Å². The van der Waals surface area contributed by atoms with Crippen LogP contribution in [0.4, 0.5) is 17.1 Å². The number of benzene rings is 2. The Morgan fingerprint density at radius 3 is 2.59 bits per heavy atom. The molecule has 0 aliphatic carbocycles. The van der Waals surface area contributed by atoms with E-state index >= 15 is 0 Å². The second kappa shape index (κ2) is 5.94. The third-order valence-corrected chi connectivity index (χ3v) is 4.79. The molecule has 0 saturated carbocycles. The number of rotatable bonds is 2. The highest BCUT2D eigenvalue weighted by atomic mass is 32.2. The van der Waals surface area contributed by atoms with Gasteiger partial charge in [0.1, 0.15) is 0 Å². The predicted octanol–water partition coefficient (Wildman–Crippen LogP) is 2.79. The number of thiocarbonyl (C=S) groups is 1. The number of sulfonamides is 1. The van der Waals surface area contributed by atoms with Crippen molar-refractivity contribution in [1.29, 1.82) is 0 Å². The number of hydrogen-bond donors (Lipinski definition) is 3. The molecule has 0 saturated heterocycles. The Bertz CT molecular complexity index is 805. The molecule has 1 heterocycles. The highest BCUT2D eigenvalue weighted by molar-refractivity contribution is 7.92. The normalized spacial score (nSPS) is 15.3. The molecular weight excluding hydrogens is 318 g/mol. The Hall–Kier alpha value is -2.12. The van der Waals surface area contributed by atoms with Gasteiger partial charge in [-0.1, -0.05) is 30.3 Å². The van der Waals surface area contributed by atoms with Gasteiger partial charge in [0.15, 0.2) is 5.11 Å². The topological polar surface area (TPSA) is 70.2 Å². The van der Waals surface area contributed by atoms with E-state index < -0.39 is 10.0 Å². The molecule has 1 aliphatic heterocycles. The summed E-state index contributed by atoms with van der Waals surface area (Å²) in [6, 6.07) is 15.1. The van der Waals surface area contributed by atoms with Gasteiger partial charge in [-0.15, -0.1) is 0 Å². The fourth-order valence-corrected chi connectivity index (χ4v) is 3.66. The summed E-state index contributed by atoms with van der Waals surface area (Å²) in [4.78, 5) is 0. The van der Waals surface area contributed by atoms with Gasteiger partial charge in [0.2, 0.25) is 10.0 Å². The smallest absolute Gasteiger partial charge is 0.233 e. The molecule has 3 rings (SSSR count). The molecule has 0 fully saturated rings. The van der Waals surface area contributed by atoms with E-state index in [0.29, 0.717) is 22.9 Å². The van der Waals surface area contributed by atoms with Crippen molar-refractivity contribution >= 4 is 44.4 Å². The van der Waals surface area contributed by atoms with Gasteiger partial charge in [-0.3, -0.25) is 4.72 Å². The van der Waals surface area contributed by atoms with Gasteiger partial charge >= 0.3 is 0 Å². The van der Waals surface area contributed by atoms with Crippen molar-refractivity contribution < 1.29 is 8.42 Å². The monoisotopic (exact) mass is 333 g/mol. The van der Waals surface area contributed by atoms with E-state index in [-0.39, 0.29) is 5.75 Å². The van der Waals surface area contributed by atoms with Crippen LogP contribution in [0.25, 0.3) is 0 Å². The molecule has 2 aromatic rings. The lowest BCUT2D eigenvalue weighted by molar-refractivity contribution is 0.599. The van der Waals surface area contributed by atoms with Crippen LogP contribution < -0.4 is 15.4 Å². The fourth-order valence-electron chi connectivity index (χ4n) is 2.29. The van der Waals surface area contributed by atoms with E-state index in [0.717, 1.165) is 11.3 Å². The third kappa shape index (κ3) is 3.37.